The highest BCUT2D eigenvalue weighted by molar-refractivity contribution is 5.45. The van der Waals surface area contributed by atoms with Crippen LogP contribution < -0.4 is 10.1 Å². The summed E-state index contributed by atoms with van der Waals surface area (Å²) in [6.45, 7) is 1.77. The molecule has 0 saturated heterocycles. The van der Waals surface area contributed by atoms with Gasteiger partial charge in [0.15, 0.2) is 6.10 Å². The third kappa shape index (κ3) is 1.89. The van der Waals surface area contributed by atoms with E-state index in [2.05, 4.69) is 17.5 Å². The molecule has 0 saturated carbocycles. The molecule has 0 amide bonds. The van der Waals surface area contributed by atoms with Crippen molar-refractivity contribution in [1.82, 2.24) is 5.32 Å². The molecule has 1 N–H and O–H groups in total. The number of hydrogen-bond acceptors (Lipinski definition) is 3. The average molecular weight is 216 g/mol. The third-order valence-electron chi connectivity index (χ3n) is 3.06. The van der Waals surface area contributed by atoms with E-state index in [0.717, 1.165) is 18.6 Å². The molecule has 0 radical (unpaired) electrons. The molecule has 0 fully saturated rings. The quantitative estimate of drug-likeness (QED) is 0.842. The van der Waals surface area contributed by atoms with Crippen molar-refractivity contribution in [2.45, 2.75) is 31.9 Å². The first-order valence-corrected chi connectivity index (χ1v) is 5.61. The van der Waals surface area contributed by atoms with Crippen LogP contribution in [0, 0.1) is 11.3 Å². The lowest BCUT2D eigenvalue weighted by Gasteiger charge is -2.13. The minimum atomic E-state index is -0.389. The van der Waals surface area contributed by atoms with Crippen LogP contribution in [0.4, 0.5) is 0 Å². The molecule has 2 rings (SSSR count). The zero-order valence-electron chi connectivity index (χ0n) is 9.66. The van der Waals surface area contributed by atoms with E-state index in [9.17, 15) is 0 Å². The number of fused-ring (bicyclic) bond motifs is 1. The molecule has 2 unspecified atom stereocenters. The van der Waals surface area contributed by atoms with Gasteiger partial charge in [-0.25, -0.2) is 0 Å². The molecule has 16 heavy (non-hydrogen) atoms. The summed E-state index contributed by atoms with van der Waals surface area (Å²) >= 11 is 0. The van der Waals surface area contributed by atoms with Crippen molar-refractivity contribution >= 4 is 0 Å². The van der Waals surface area contributed by atoms with Gasteiger partial charge in [0.25, 0.3) is 0 Å². The van der Waals surface area contributed by atoms with Crippen LogP contribution in [-0.4, -0.2) is 13.2 Å². The Morgan fingerprint density at radius 2 is 2.38 bits per heavy atom. The largest absolute Gasteiger partial charge is 0.476 e. The van der Waals surface area contributed by atoms with Gasteiger partial charge < -0.3 is 10.1 Å². The molecule has 1 aromatic carbocycles. The van der Waals surface area contributed by atoms with Crippen molar-refractivity contribution < 1.29 is 4.74 Å². The molecule has 2 atom stereocenters. The Hall–Kier alpha value is -1.53. The molecule has 3 nitrogen and oxygen atoms in total. The normalized spacial score (nSPS) is 19.9. The maximum absolute atomic E-state index is 8.76. The van der Waals surface area contributed by atoms with Gasteiger partial charge in [0, 0.05) is 6.04 Å². The fourth-order valence-electron chi connectivity index (χ4n) is 2.25. The number of rotatable bonds is 3. The number of nitrogens with zero attached hydrogens (tertiary/aromatic N) is 1. The van der Waals surface area contributed by atoms with E-state index in [1.165, 1.54) is 11.1 Å². The number of ether oxygens (including phenoxy) is 1. The highest BCUT2D eigenvalue weighted by Crippen LogP contribution is 2.36. The summed E-state index contributed by atoms with van der Waals surface area (Å²) < 4.78 is 5.61. The Bertz CT molecular complexity index is 422. The summed E-state index contributed by atoms with van der Waals surface area (Å²) in [5.74, 6) is 0.865. The van der Waals surface area contributed by atoms with Crippen molar-refractivity contribution in [1.29, 1.82) is 5.26 Å². The molecule has 0 heterocycles. The zero-order valence-corrected chi connectivity index (χ0v) is 9.66. The van der Waals surface area contributed by atoms with E-state index in [0.29, 0.717) is 6.04 Å². The molecule has 84 valence electrons. The van der Waals surface area contributed by atoms with Crippen molar-refractivity contribution in [3.05, 3.63) is 29.3 Å². The maximum atomic E-state index is 8.76. The van der Waals surface area contributed by atoms with Crippen LogP contribution in [0.15, 0.2) is 18.2 Å². The molecule has 1 aromatic rings. The van der Waals surface area contributed by atoms with E-state index in [4.69, 9.17) is 10.00 Å². The van der Waals surface area contributed by atoms with E-state index in [1.807, 2.05) is 19.2 Å². The Labute approximate surface area is 96.0 Å². The van der Waals surface area contributed by atoms with Crippen LogP contribution in [0.2, 0.25) is 0 Å². The minimum absolute atomic E-state index is 0.389. The second kappa shape index (κ2) is 4.54. The van der Waals surface area contributed by atoms with Crippen molar-refractivity contribution in [2.75, 3.05) is 7.05 Å². The predicted octanol–water partition coefficient (Wildman–Crippen LogP) is 2.18. The SMILES string of the molecule is CNC1CCc2c(OC(C)C#N)cccc21. The first kappa shape index (κ1) is 11.0. The number of hydrogen-bond donors (Lipinski definition) is 1. The van der Waals surface area contributed by atoms with Crippen LogP contribution in [0.5, 0.6) is 5.75 Å². The highest BCUT2D eigenvalue weighted by Gasteiger charge is 2.24. The molecule has 1 aliphatic rings. The average Bonchev–Trinajstić information content (AvgIpc) is 2.73. The summed E-state index contributed by atoms with van der Waals surface area (Å²) in [6, 6.07) is 8.59. The van der Waals surface area contributed by atoms with Gasteiger partial charge >= 0.3 is 0 Å². The van der Waals surface area contributed by atoms with Gasteiger partial charge in [0.2, 0.25) is 0 Å². The number of benzene rings is 1. The number of nitriles is 1. The van der Waals surface area contributed by atoms with Crippen LogP contribution >= 0.6 is 0 Å². The number of nitrogens with one attached hydrogen (secondary N) is 1. The molecule has 0 bridgehead atoms. The summed E-state index contributed by atoms with van der Waals surface area (Å²) in [6.07, 6.45) is 1.74. The van der Waals surface area contributed by atoms with Gasteiger partial charge in [0.1, 0.15) is 11.8 Å². The summed E-state index contributed by atoms with van der Waals surface area (Å²) in [4.78, 5) is 0. The third-order valence-corrected chi connectivity index (χ3v) is 3.06. The predicted molar refractivity (Wildman–Crippen MR) is 62.3 cm³/mol. The van der Waals surface area contributed by atoms with E-state index in [1.54, 1.807) is 6.92 Å². The lowest BCUT2D eigenvalue weighted by atomic mass is 10.1. The summed E-state index contributed by atoms with van der Waals surface area (Å²) in [5, 5.41) is 12.0. The topological polar surface area (TPSA) is 45.0 Å². The Morgan fingerprint density at radius 3 is 3.06 bits per heavy atom. The highest BCUT2D eigenvalue weighted by atomic mass is 16.5. The van der Waals surface area contributed by atoms with E-state index < -0.39 is 0 Å². The second-order valence-electron chi connectivity index (χ2n) is 4.09. The summed E-state index contributed by atoms with van der Waals surface area (Å²) in [7, 11) is 1.98. The van der Waals surface area contributed by atoms with Crippen LogP contribution in [0.3, 0.4) is 0 Å². The van der Waals surface area contributed by atoms with Crippen LogP contribution in [0.1, 0.15) is 30.5 Å². The van der Waals surface area contributed by atoms with Gasteiger partial charge in [0.05, 0.1) is 0 Å². The van der Waals surface area contributed by atoms with Crippen LogP contribution in [0.25, 0.3) is 0 Å². The Balaban J connectivity index is 2.29. The van der Waals surface area contributed by atoms with Gasteiger partial charge in [-0.3, -0.25) is 0 Å². The lowest BCUT2D eigenvalue weighted by molar-refractivity contribution is 0.274. The standard InChI is InChI=1S/C13H16N2O/c1-9(8-14)16-13-5-3-4-10-11(13)6-7-12(10)15-2/h3-5,9,12,15H,6-7H2,1-2H3. The summed E-state index contributed by atoms with van der Waals surface area (Å²) in [5.41, 5.74) is 2.56. The molecule has 0 aromatic heterocycles. The Kier molecular flexibility index (Phi) is 3.12. The minimum Gasteiger partial charge on any atom is -0.476 e. The van der Waals surface area contributed by atoms with Gasteiger partial charge in [-0.05, 0) is 44.0 Å². The second-order valence-corrected chi connectivity index (χ2v) is 4.09. The van der Waals surface area contributed by atoms with Crippen molar-refractivity contribution in [3.63, 3.8) is 0 Å². The first-order valence-electron chi connectivity index (χ1n) is 5.61. The molecular formula is C13H16N2O. The Morgan fingerprint density at radius 1 is 1.56 bits per heavy atom. The zero-order chi connectivity index (χ0) is 11.5. The van der Waals surface area contributed by atoms with Gasteiger partial charge in [-0.2, -0.15) is 5.26 Å². The fourth-order valence-corrected chi connectivity index (χ4v) is 2.25. The fraction of sp³-hybridized carbons (Fsp3) is 0.462. The monoisotopic (exact) mass is 216 g/mol. The van der Waals surface area contributed by atoms with E-state index >= 15 is 0 Å². The molecule has 0 aliphatic heterocycles. The first-order chi connectivity index (χ1) is 7.76. The smallest absolute Gasteiger partial charge is 0.181 e. The van der Waals surface area contributed by atoms with Crippen molar-refractivity contribution in [3.8, 4) is 11.8 Å². The van der Waals surface area contributed by atoms with Crippen LogP contribution in [-0.2, 0) is 6.42 Å². The van der Waals surface area contributed by atoms with Gasteiger partial charge in [-0.1, -0.05) is 12.1 Å². The lowest BCUT2D eigenvalue weighted by Crippen LogP contribution is -2.13. The maximum Gasteiger partial charge on any atom is 0.181 e. The molecular weight excluding hydrogens is 200 g/mol. The van der Waals surface area contributed by atoms with Gasteiger partial charge in [-0.15, -0.1) is 0 Å². The molecule has 3 heteroatoms. The van der Waals surface area contributed by atoms with Crippen molar-refractivity contribution in [2.24, 2.45) is 0 Å². The molecule has 0 spiro atoms. The van der Waals surface area contributed by atoms with E-state index in [-0.39, 0.29) is 6.10 Å². The molecule has 1 aliphatic carbocycles.